The molecule has 0 bridgehead atoms. The van der Waals surface area contributed by atoms with Gasteiger partial charge in [-0.3, -0.25) is 0 Å². The molecule has 0 amide bonds. The minimum absolute atomic E-state index is 0.134. The lowest BCUT2D eigenvalue weighted by Crippen LogP contribution is -2.15. The van der Waals surface area contributed by atoms with Crippen molar-refractivity contribution < 1.29 is 18.3 Å². The van der Waals surface area contributed by atoms with Crippen molar-refractivity contribution in [1.82, 2.24) is 0 Å². The Morgan fingerprint density at radius 3 is 2.93 bits per heavy atom. The Morgan fingerprint density at radius 2 is 2.36 bits per heavy atom. The Labute approximate surface area is 83.0 Å². The molecule has 0 saturated carbocycles. The summed E-state index contributed by atoms with van der Waals surface area (Å²) in [5.74, 6) is -0.304. The number of halogens is 3. The number of benzene rings is 1. The minimum atomic E-state index is -3.81. The summed E-state index contributed by atoms with van der Waals surface area (Å²) in [7, 11) is 0. The van der Waals surface area contributed by atoms with Crippen molar-refractivity contribution >= 4 is 23.4 Å². The van der Waals surface area contributed by atoms with Crippen molar-refractivity contribution in [2.24, 2.45) is 4.99 Å². The quantitative estimate of drug-likeness (QED) is 0.444. The second-order valence-electron chi connectivity index (χ2n) is 2.16. The van der Waals surface area contributed by atoms with E-state index in [1.807, 2.05) is 0 Å². The van der Waals surface area contributed by atoms with Gasteiger partial charge in [0.05, 0.1) is 5.69 Å². The van der Waals surface area contributed by atoms with Crippen molar-refractivity contribution in [3.63, 3.8) is 0 Å². The van der Waals surface area contributed by atoms with E-state index in [4.69, 9.17) is 0 Å². The van der Waals surface area contributed by atoms with Gasteiger partial charge in [0, 0.05) is 23.7 Å². The molecule has 0 aromatic heterocycles. The maximum Gasteiger partial charge on any atom is 0.487 e. The fraction of sp³-hybridized carbons (Fsp3) is 0.125. The standard InChI is InChI=1S/C8H3ClF2NO2/c9-8(10,11)14-7-3-1-2-6(4-7)12-5-13/h1-2,4H. The molecular weight excluding hydrogens is 216 g/mol. The number of rotatable bonds is 3. The first-order valence-corrected chi connectivity index (χ1v) is 3.74. The van der Waals surface area contributed by atoms with Crippen LogP contribution in [0.2, 0.25) is 0 Å². The first-order valence-electron chi connectivity index (χ1n) is 3.36. The van der Waals surface area contributed by atoms with Crippen molar-refractivity contribution in [2.75, 3.05) is 0 Å². The van der Waals surface area contributed by atoms with E-state index in [0.29, 0.717) is 0 Å². The van der Waals surface area contributed by atoms with Gasteiger partial charge in [-0.05, 0) is 12.1 Å². The summed E-state index contributed by atoms with van der Waals surface area (Å²) in [6.45, 7) is 0. The normalized spacial score (nSPS) is 10.5. The molecule has 0 unspecified atom stereocenters. The van der Waals surface area contributed by atoms with Crippen molar-refractivity contribution in [3.8, 4) is 5.75 Å². The summed E-state index contributed by atoms with van der Waals surface area (Å²) in [5, 5.41) is 0. The van der Waals surface area contributed by atoms with Crippen LogP contribution in [0.5, 0.6) is 5.75 Å². The predicted octanol–water partition coefficient (Wildman–Crippen LogP) is 2.62. The van der Waals surface area contributed by atoms with Crippen LogP contribution in [0.4, 0.5) is 14.5 Å². The monoisotopic (exact) mass is 218 g/mol. The van der Waals surface area contributed by atoms with E-state index in [0.717, 1.165) is 6.07 Å². The molecule has 0 N–H and O–H groups in total. The van der Waals surface area contributed by atoms with Gasteiger partial charge < -0.3 is 4.74 Å². The number of hydrogen-bond acceptors (Lipinski definition) is 3. The van der Waals surface area contributed by atoms with Gasteiger partial charge >= 0.3 is 5.57 Å². The highest BCUT2D eigenvalue weighted by Crippen LogP contribution is 2.26. The molecule has 0 atom stereocenters. The SMILES string of the molecule is O=C=Nc1cc[c]c(OC(F)(F)Cl)c1. The van der Waals surface area contributed by atoms with Crippen molar-refractivity contribution in [1.29, 1.82) is 0 Å². The van der Waals surface area contributed by atoms with Crippen LogP contribution in [0, 0.1) is 6.07 Å². The van der Waals surface area contributed by atoms with E-state index in [9.17, 15) is 13.6 Å². The summed E-state index contributed by atoms with van der Waals surface area (Å²) in [5.41, 5.74) is -3.67. The van der Waals surface area contributed by atoms with Crippen LogP contribution in [0.15, 0.2) is 23.2 Å². The lowest BCUT2D eigenvalue weighted by atomic mass is 10.3. The average Bonchev–Trinajstić information content (AvgIpc) is 2.02. The molecule has 1 aromatic rings. The van der Waals surface area contributed by atoms with Gasteiger partial charge in [0.25, 0.3) is 0 Å². The van der Waals surface area contributed by atoms with Crippen LogP contribution in [-0.4, -0.2) is 11.6 Å². The fourth-order valence-corrected chi connectivity index (χ4v) is 0.822. The summed E-state index contributed by atoms with van der Waals surface area (Å²) >= 11 is 4.51. The van der Waals surface area contributed by atoms with E-state index in [1.54, 1.807) is 0 Å². The minimum Gasteiger partial charge on any atom is -0.419 e. The highest BCUT2D eigenvalue weighted by Gasteiger charge is 2.27. The molecule has 0 heterocycles. The lowest BCUT2D eigenvalue weighted by Gasteiger charge is -2.09. The third-order valence-corrected chi connectivity index (χ3v) is 1.24. The van der Waals surface area contributed by atoms with Gasteiger partial charge in [0.2, 0.25) is 6.08 Å². The van der Waals surface area contributed by atoms with Gasteiger partial charge in [0.15, 0.2) is 0 Å². The van der Waals surface area contributed by atoms with Crippen LogP contribution >= 0.6 is 11.6 Å². The smallest absolute Gasteiger partial charge is 0.419 e. The maximum absolute atomic E-state index is 12.1. The molecule has 14 heavy (non-hydrogen) atoms. The Morgan fingerprint density at radius 1 is 1.64 bits per heavy atom. The van der Waals surface area contributed by atoms with Crippen molar-refractivity contribution in [3.05, 3.63) is 24.3 Å². The zero-order valence-corrected chi connectivity index (χ0v) is 7.39. The molecule has 3 nitrogen and oxygen atoms in total. The molecule has 0 aliphatic carbocycles. The molecule has 6 heteroatoms. The lowest BCUT2D eigenvalue weighted by molar-refractivity contribution is -0.0965. The van der Waals surface area contributed by atoms with Crippen LogP contribution in [0.25, 0.3) is 0 Å². The second kappa shape index (κ2) is 4.17. The molecular formula is C8H3ClF2NO2. The van der Waals surface area contributed by atoms with Crippen molar-refractivity contribution in [2.45, 2.75) is 5.57 Å². The van der Waals surface area contributed by atoms with E-state index < -0.39 is 5.57 Å². The zero-order valence-electron chi connectivity index (χ0n) is 6.63. The molecule has 1 aromatic carbocycles. The molecule has 1 rings (SSSR count). The fourth-order valence-electron chi connectivity index (χ4n) is 0.739. The molecule has 73 valence electrons. The first kappa shape index (κ1) is 10.6. The number of nitrogens with zero attached hydrogens (tertiary/aromatic N) is 1. The van der Waals surface area contributed by atoms with E-state index in [1.165, 1.54) is 18.2 Å². The van der Waals surface area contributed by atoms with E-state index >= 15 is 0 Å². The second-order valence-corrected chi connectivity index (χ2v) is 2.60. The zero-order chi connectivity index (χ0) is 10.6. The maximum atomic E-state index is 12.1. The van der Waals surface area contributed by atoms with Gasteiger partial charge in [-0.2, -0.15) is 4.99 Å². The van der Waals surface area contributed by atoms with Crippen LogP contribution in [0.3, 0.4) is 0 Å². The highest BCUT2D eigenvalue weighted by molar-refractivity contribution is 6.20. The van der Waals surface area contributed by atoms with Crippen LogP contribution in [-0.2, 0) is 4.79 Å². The van der Waals surface area contributed by atoms with E-state index in [-0.39, 0.29) is 11.4 Å². The number of carbonyl (C=O) groups excluding carboxylic acids is 1. The molecule has 1 radical (unpaired) electrons. The summed E-state index contributed by atoms with van der Waals surface area (Å²) in [4.78, 5) is 13.1. The number of aliphatic imine (C=N–C) groups is 1. The van der Waals surface area contributed by atoms with Gasteiger partial charge in [0.1, 0.15) is 5.75 Å². The number of ether oxygens (including phenoxy) is 1. The largest absolute Gasteiger partial charge is 0.487 e. The molecule has 0 aliphatic rings. The Kier molecular flexibility index (Phi) is 3.17. The molecule has 0 fully saturated rings. The highest BCUT2D eigenvalue weighted by atomic mass is 35.5. The van der Waals surface area contributed by atoms with Gasteiger partial charge in [-0.1, -0.05) is 0 Å². The summed E-state index contributed by atoms with van der Waals surface area (Å²) < 4.78 is 28.3. The summed E-state index contributed by atoms with van der Waals surface area (Å²) in [6, 6.07) is 6.08. The van der Waals surface area contributed by atoms with Gasteiger partial charge in [-0.15, -0.1) is 8.78 Å². The Bertz CT molecular complexity index is 372. The summed E-state index contributed by atoms with van der Waals surface area (Å²) in [6.07, 6.45) is 1.26. The third kappa shape index (κ3) is 3.51. The topological polar surface area (TPSA) is 38.7 Å². The average molecular weight is 219 g/mol. The molecule has 0 aliphatic heterocycles. The molecule has 0 spiro atoms. The third-order valence-electron chi connectivity index (χ3n) is 1.16. The first-order chi connectivity index (χ1) is 6.51. The van der Waals surface area contributed by atoms with Crippen LogP contribution in [0.1, 0.15) is 0 Å². The molecule has 0 saturated heterocycles. The number of alkyl halides is 3. The number of hydrogen-bond donors (Lipinski definition) is 0. The van der Waals surface area contributed by atoms with Crippen LogP contribution < -0.4 is 4.74 Å². The Balaban J connectivity index is 2.89. The van der Waals surface area contributed by atoms with E-state index in [2.05, 4.69) is 27.4 Å². The van der Waals surface area contributed by atoms with Gasteiger partial charge in [-0.25, -0.2) is 4.79 Å². The number of isocyanates is 1. The Hall–Kier alpha value is -1.45. The predicted molar refractivity (Wildman–Crippen MR) is 44.5 cm³/mol.